The van der Waals surface area contributed by atoms with Crippen molar-refractivity contribution in [3.05, 3.63) is 53.2 Å². The maximum atomic E-state index is 13.0. The summed E-state index contributed by atoms with van der Waals surface area (Å²) in [6, 6.07) is 7.94. The Morgan fingerprint density at radius 2 is 2.04 bits per heavy atom. The fraction of sp³-hybridized carbons (Fsp3) is 0.412. The van der Waals surface area contributed by atoms with E-state index in [4.69, 9.17) is 9.26 Å². The molecule has 1 saturated carbocycles. The number of nitrogens with zero attached hydrogens (tertiary/aromatic N) is 2. The maximum Gasteiger partial charge on any atom is 0.276 e. The smallest absolute Gasteiger partial charge is 0.276 e. The second-order valence-corrected chi connectivity index (χ2v) is 6.05. The number of carbonyl (C=O) groups is 1. The van der Waals surface area contributed by atoms with Gasteiger partial charge in [0.25, 0.3) is 5.91 Å². The van der Waals surface area contributed by atoms with Crippen molar-refractivity contribution in [2.45, 2.75) is 24.9 Å². The topological polar surface area (TPSA) is 55.6 Å². The van der Waals surface area contributed by atoms with E-state index in [0.29, 0.717) is 31.3 Å². The molecule has 2 heterocycles. The first-order chi connectivity index (χ1) is 11.2. The summed E-state index contributed by atoms with van der Waals surface area (Å²) in [5, 5.41) is 3.91. The number of benzene rings is 1. The number of morpholine rings is 1. The molecule has 1 aliphatic carbocycles. The summed E-state index contributed by atoms with van der Waals surface area (Å²) in [7, 11) is 0. The molecule has 0 bridgehead atoms. The van der Waals surface area contributed by atoms with Gasteiger partial charge in [-0.25, -0.2) is 4.39 Å². The van der Waals surface area contributed by atoms with Crippen LogP contribution in [-0.4, -0.2) is 35.7 Å². The van der Waals surface area contributed by atoms with Gasteiger partial charge in [0.1, 0.15) is 17.7 Å². The van der Waals surface area contributed by atoms with Gasteiger partial charge in [-0.2, -0.15) is 0 Å². The Balaban J connectivity index is 1.47. The standard InChI is InChI=1S/C17H17FN2O3/c18-13-5-3-12(4-6-13)16-10-20(7-8-22-16)17(21)14-9-15(23-19-14)11-1-2-11/h3-6,9,11,16H,1-2,7-8,10H2/t16-/m0/s1. The summed E-state index contributed by atoms with van der Waals surface area (Å²) in [5.41, 5.74) is 1.22. The van der Waals surface area contributed by atoms with Gasteiger partial charge >= 0.3 is 0 Å². The number of ether oxygens (including phenoxy) is 1. The second kappa shape index (κ2) is 5.77. The number of rotatable bonds is 3. The van der Waals surface area contributed by atoms with Crippen LogP contribution >= 0.6 is 0 Å². The van der Waals surface area contributed by atoms with Gasteiger partial charge in [0, 0.05) is 18.5 Å². The first-order valence-corrected chi connectivity index (χ1v) is 7.83. The highest BCUT2D eigenvalue weighted by molar-refractivity contribution is 5.92. The van der Waals surface area contributed by atoms with Crippen molar-refractivity contribution in [1.82, 2.24) is 10.1 Å². The fourth-order valence-corrected chi connectivity index (χ4v) is 2.83. The van der Waals surface area contributed by atoms with Gasteiger partial charge in [-0.05, 0) is 30.5 Å². The molecule has 5 nitrogen and oxygen atoms in total. The Morgan fingerprint density at radius 1 is 1.26 bits per heavy atom. The average molecular weight is 316 g/mol. The largest absolute Gasteiger partial charge is 0.370 e. The van der Waals surface area contributed by atoms with E-state index in [-0.39, 0.29) is 17.8 Å². The summed E-state index contributed by atoms with van der Waals surface area (Å²) in [6.45, 7) is 1.39. The molecular weight excluding hydrogens is 299 g/mol. The highest BCUT2D eigenvalue weighted by atomic mass is 19.1. The van der Waals surface area contributed by atoms with E-state index in [0.717, 1.165) is 24.2 Å². The van der Waals surface area contributed by atoms with Gasteiger partial charge in [0.2, 0.25) is 0 Å². The quantitative estimate of drug-likeness (QED) is 0.873. The van der Waals surface area contributed by atoms with Crippen molar-refractivity contribution >= 4 is 5.91 Å². The lowest BCUT2D eigenvalue weighted by Gasteiger charge is -2.32. The van der Waals surface area contributed by atoms with Gasteiger partial charge in [0.15, 0.2) is 5.69 Å². The third kappa shape index (κ3) is 2.99. The molecule has 1 aromatic heterocycles. The molecule has 0 radical (unpaired) electrons. The van der Waals surface area contributed by atoms with Crippen LogP contribution in [0.15, 0.2) is 34.9 Å². The molecule has 6 heteroatoms. The number of carbonyl (C=O) groups excluding carboxylic acids is 1. The minimum absolute atomic E-state index is 0.143. The van der Waals surface area contributed by atoms with Crippen LogP contribution in [0.4, 0.5) is 4.39 Å². The molecule has 23 heavy (non-hydrogen) atoms. The van der Waals surface area contributed by atoms with E-state index < -0.39 is 0 Å². The van der Waals surface area contributed by atoms with Gasteiger partial charge in [-0.3, -0.25) is 4.79 Å². The van der Waals surface area contributed by atoms with Crippen LogP contribution < -0.4 is 0 Å². The third-order valence-electron chi connectivity index (χ3n) is 4.32. The van der Waals surface area contributed by atoms with Crippen LogP contribution in [0.2, 0.25) is 0 Å². The van der Waals surface area contributed by atoms with Crippen LogP contribution in [0.3, 0.4) is 0 Å². The predicted molar refractivity (Wildman–Crippen MR) is 79.5 cm³/mol. The van der Waals surface area contributed by atoms with Gasteiger partial charge in [0.05, 0.1) is 13.2 Å². The lowest BCUT2D eigenvalue weighted by molar-refractivity contribution is -0.0231. The number of hydrogen-bond donors (Lipinski definition) is 0. The van der Waals surface area contributed by atoms with Crippen molar-refractivity contribution in [3.8, 4) is 0 Å². The van der Waals surface area contributed by atoms with E-state index in [9.17, 15) is 9.18 Å². The molecule has 0 N–H and O–H groups in total. The number of hydrogen-bond acceptors (Lipinski definition) is 4. The monoisotopic (exact) mass is 316 g/mol. The molecule has 1 saturated heterocycles. The van der Waals surface area contributed by atoms with Crippen LogP contribution in [-0.2, 0) is 4.74 Å². The fourth-order valence-electron chi connectivity index (χ4n) is 2.83. The molecule has 0 unspecified atom stereocenters. The minimum Gasteiger partial charge on any atom is -0.370 e. The maximum absolute atomic E-state index is 13.0. The SMILES string of the molecule is O=C(c1cc(C2CC2)on1)N1CCO[C@H](c2ccc(F)cc2)C1. The second-order valence-electron chi connectivity index (χ2n) is 6.05. The zero-order valence-electron chi connectivity index (χ0n) is 12.6. The van der Waals surface area contributed by atoms with E-state index >= 15 is 0 Å². The lowest BCUT2D eigenvalue weighted by atomic mass is 10.1. The number of amides is 1. The van der Waals surface area contributed by atoms with Gasteiger partial charge in [-0.15, -0.1) is 0 Å². The van der Waals surface area contributed by atoms with Crippen molar-refractivity contribution in [1.29, 1.82) is 0 Å². The molecule has 1 aliphatic heterocycles. The zero-order chi connectivity index (χ0) is 15.8. The van der Waals surface area contributed by atoms with Crippen LogP contribution in [0, 0.1) is 5.82 Å². The normalized spacial score (nSPS) is 21.4. The van der Waals surface area contributed by atoms with Crippen LogP contribution in [0.25, 0.3) is 0 Å². The zero-order valence-corrected chi connectivity index (χ0v) is 12.6. The summed E-state index contributed by atoms with van der Waals surface area (Å²) < 4.78 is 24.0. The molecule has 4 rings (SSSR count). The predicted octanol–water partition coefficient (Wildman–Crippen LogP) is 2.90. The molecule has 1 amide bonds. The highest BCUT2D eigenvalue weighted by Crippen LogP contribution is 2.40. The highest BCUT2D eigenvalue weighted by Gasteiger charge is 2.31. The first kappa shape index (κ1) is 14.4. The number of halogens is 1. The Labute approximate surface area is 133 Å². The van der Waals surface area contributed by atoms with E-state index in [1.54, 1.807) is 23.1 Å². The molecule has 2 aromatic rings. The average Bonchev–Trinajstić information content (AvgIpc) is 3.32. The molecule has 2 aliphatic rings. The molecule has 1 atom stereocenters. The molecule has 1 aromatic carbocycles. The summed E-state index contributed by atoms with van der Waals surface area (Å²) in [5.74, 6) is 0.807. The number of aromatic nitrogens is 1. The van der Waals surface area contributed by atoms with Crippen LogP contribution in [0.1, 0.15) is 46.7 Å². The van der Waals surface area contributed by atoms with Crippen molar-refractivity contribution in [2.24, 2.45) is 0 Å². The molecular formula is C17H17FN2O3. The third-order valence-corrected chi connectivity index (χ3v) is 4.32. The molecule has 0 spiro atoms. The first-order valence-electron chi connectivity index (χ1n) is 7.83. The van der Waals surface area contributed by atoms with E-state index in [1.165, 1.54) is 12.1 Å². The van der Waals surface area contributed by atoms with Gasteiger partial charge < -0.3 is 14.2 Å². The van der Waals surface area contributed by atoms with Crippen molar-refractivity contribution in [3.63, 3.8) is 0 Å². The summed E-state index contributed by atoms with van der Waals surface area (Å²) in [4.78, 5) is 14.3. The molecule has 120 valence electrons. The summed E-state index contributed by atoms with van der Waals surface area (Å²) in [6.07, 6.45) is 1.96. The lowest BCUT2D eigenvalue weighted by Crippen LogP contribution is -2.42. The minimum atomic E-state index is -0.285. The van der Waals surface area contributed by atoms with E-state index in [1.807, 2.05) is 0 Å². The Hall–Kier alpha value is -2.21. The molecule has 2 fully saturated rings. The van der Waals surface area contributed by atoms with E-state index in [2.05, 4.69) is 5.16 Å². The van der Waals surface area contributed by atoms with Crippen molar-refractivity contribution in [2.75, 3.05) is 19.7 Å². The van der Waals surface area contributed by atoms with Crippen molar-refractivity contribution < 1.29 is 18.4 Å². The van der Waals surface area contributed by atoms with Gasteiger partial charge in [-0.1, -0.05) is 17.3 Å². The Kier molecular flexibility index (Phi) is 3.61. The van der Waals surface area contributed by atoms with Crippen LogP contribution in [0.5, 0.6) is 0 Å². The summed E-state index contributed by atoms with van der Waals surface area (Å²) >= 11 is 0. The Bertz CT molecular complexity index is 709. The Morgan fingerprint density at radius 3 is 2.78 bits per heavy atom.